The van der Waals surface area contributed by atoms with E-state index >= 15 is 0 Å². The van der Waals surface area contributed by atoms with Crippen LogP contribution in [0.25, 0.3) is 0 Å². The summed E-state index contributed by atoms with van der Waals surface area (Å²) in [7, 11) is 0. The van der Waals surface area contributed by atoms with Crippen molar-refractivity contribution in [1.29, 1.82) is 0 Å². The monoisotopic (exact) mass is 158 g/mol. The van der Waals surface area contributed by atoms with E-state index in [2.05, 4.69) is 12.6 Å². The maximum Gasteiger partial charge on any atom is 0.0693 e. The molecular weight excluding hydrogens is 144 g/mol. The highest BCUT2D eigenvalue weighted by atomic mass is 32.1. The molecule has 1 atom stereocenters. The predicted octanol–water partition coefficient (Wildman–Crippen LogP) is 2.02. The Morgan fingerprint density at radius 1 is 1.40 bits per heavy atom. The van der Waals surface area contributed by atoms with Crippen molar-refractivity contribution in [2.75, 3.05) is 6.61 Å². The lowest BCUT2D eigenvalue weighted by Crippen LogP contribution is -2.45. The van der Waals surface area contributed by atoms with E-state index in [-0.39, 0.29) is 0 Å². The van der Waals surface area contributed by atoms with Crippen molar-refractivity contribution < 1.29 is 4.74 Å². The van der Waals surface area contributed by atoms with Crippen molar-refractivity contribution >= 4 is 12.6 Å². The van der Waals surface area contributed by atoms with Crippen LogP contribution in [-0.2, 0) is 4.74 Å². The first-order valence-electron chi connectivity index (χ1n) is 4.13. The summed E-state index contributed by atoms with van der Waals surface area (Å²) in [6, 6.07) is 0. The number of hydrogen-bond donors (Lipinski definition) is 1. The maximum absolute atomic E-state index is 5.72. The van der Waals surface area contributed by atoms with Crippen LogP contribution >= 0.6 is 12.6 Å². The molecule has 2 heteroatoms. The lowest BCUT2D eigenvalue weighted by Gasteiger charge is -2.46. The highest BCUT2D eigenvalue weighted by Gasteiger charge is 2.41. The molecule has 0 amide bonds. The van der Waals surface area contributed by atoms with E-state index in [4.69, 9.17) is 4.74 Å². The van der Waals surface area contributed by atoms with Crippen molar-refractivity contribution in [1.82, 2.24) is 0 Å². The molecule has 10 heavy (non-hydrogen) atoms. The first-order valence-corrected chi connectivity index (χ1v) is 4.64. The van der Waals surface area contributed by atoms with Crippen molar-refractivity contribution in [2.24, 2.45) is 0 Å². The third-order valence-corrected chi connectivity index (χ3v) is 3.17. The summed E-state index contributed by atoms with van der Waals surface area (Å²) in [6.07, 6.45) is 6.26. The molecule has 0 aromatic heterocycles. The second kappa shape index (κ2) is 2.42. The van der Waals surface area contributed by atoms with Gasteiger partial charge in [0.15, 0.2) is 0 Å². The van der Waals surface area contributed by atoms with Gasteiger partial charge in [0, 0.05) is 11.9 Å². The molecule has 2 fully saturated rings. The third kappa shape index (κ3) is 1.08. The molecule has 1 saturated carbocycles. The van der Waals surface area contributed by atoms with Gasteiger partial charge in [0.05, 0.1) is 5.60 Å². The summed E-state index contributed by atoms with van der Waals surface area (Å²) in [4.78, 5) is 0. The van der Waals surface area contributed by atoms with Crippen molar-refractivity contribution in [2.45, 2.75) is 43.0 Å². The number of thiol groups is 1. The van der Waals surface area contributed by atoms with E-state index in [0.717, 1.165) is 13.0 Å². The summed E-state index contributed by atoms with van der Waals surface area (Å²) in [5.41, 5.74) is 0.296. The molecule has 1 unspecified atom stereocenters. The fourth-order valence-corrected chi connectivity index (χ4v) is 2.36. The largest absolute Gasteiger partial charge is 0.375 e. The Morgan fingerprint density at radius 2 is 2.20 bits per heavy atom. The summed E-state index contributed by atoms with van der Waals surface area (Å²) >= 11 is 4.48. The zero-order valence-electron chi connectivity index (χ0n) is 6.18. The first-order chi connectivity index (χ1) is 4.81. The quantitative estimate of drug-likeness (QED) is 0.531. The van der Waals surface area contributed by atoms with Crippen molar-refractivity contribution in [3.8, 4) is 0 Å². The minimum Gasteiger partial charge on any atom is -0.375 e. The lowest BCUT2D eigenvalue weighted by molar-refractivity contribution is -0.124. The average Bonchev–Trinajstić information content (AvgIpc) is 1.85. The van der Waals surface area contributed by atoms with Gasteiger partial charge in [-0.3, -0.25) is 0 Å². The van der Waals surface area contributed by atoms with Crippen LogP contribution in [0.3, 0.4) is 0 Å². The predicted molar refractivity (Wildman–Crippen MR) is 44.5 cm³/mol. The van der Waals surface area contributed by atoms with E-state index in [1.807, 2.05) is 0 Å². The van der Waals surface area contributed by atoms with Crippen molar-refractivity contribution in [3.05, 3.63) is 0 Å². The highest BCUT2D eigenvalue weighted by molar-refractivity contribution is 7.80. The Hall–Kier alpha value is 0.310. The Bertz CT molecular complexity index is 131. The summed E-state index contributed by atoms with van der Waals surface area (Å²) in [5.74, 6) is 0. The minimum absolute atomic E-state index is 0.296. The molecule has 2 aliphatic rings. The molecule has 1 aliphatic carbocycles. The summed E-state index contributed by atoms with van der Waals surface area (Å²) in [6.45, 7) is 0.939. The molecule has 0 aromatic rings. The molecule has 1 saturated heterocycles. The van der Waals surface area contributed by atoms with Gasteiger partial charge in [-0.25, -0.2) is 0 Å². The lowest BCUT2D eigenvalue weighted by atomic mass is 9.75. The van der Waals surface area contributed by atoms with Crippen LogP contribution in [0.5, 0.6) is 0 Å². The molecule has 1 aliphatic heterocycles. The normalized spacial score (nSPS) is 37.5. The van der Waals surface area contributed by atoms with E-state index in [0.29, 0.717) is 10.9 Å². The molecule has 0 bridgehead atoms. The Labute approximate surface area is 67.6 Å². The van der Waals surface area contributed by atoms with Crippen LogP contribution in [0.4, 0.5) is 0 Å². The minimum atomic E-state index is 0.296. The number of hydrogen-bond acceptors (Lipinski definition) is 2. The molecule has 1 spiro atoms. The van der Waals surface area contributed by atoms with E-state index in [1.54, 1.807) is 0 Å². The van der Waals surface area contributed by atoms with Crippen LogP contribution in [0.15, 0.2) is 0 Å². The average molecular weight is 158 g/mol. The van der Waals surface area contributed by atoms with E-state index in [1.165, 1.54) is 25.7 Å². The van der Waals surface area contributed by atoms with Crippen LogP contribution < -0.4 is 0 Å². The Balaban J connectivity index is 1.96. The molecule has 0 radical (unpaired) electrons. The maximum atomic E-state index is 5.72. The number of ether oxygens (including phenoxy) is 1. The summed E-state index contributed by atoms with van der Waals surface area (Å²) < 4.78 is 5.72. The van der Waals surface area contributed by atoms with Gasteiger partial charge in [-0.2, -0.15) is 12.6 Å². The Morgan fingerprint density at radius 3 is 2.60 bits per heavy atom. The van der Waals surface area contributed by atoms with Gasteiger partial charge < -0.3 is 4.74 Å². The van der Waals surface area contributed by atoms with Gasteiger partial charge in [0.25, 0.3) is 0 Å². The second-order valence-electron chi connectivity index (χ2n) is 3.53. The van der Waals surface area contributed by atoms with E-state index in [9.17, 15) is 0 Å². The molecular formula is C8H14OS. The van der Waals surface area contributed by atoms with Gasteiger partial charge in [0.1, 0.15) is 0 Å². The van der Waals surface area contributed by atoms with Gasteiger partial charge >= 0.3 is 0 Å². The molecule has 2 rings (SSSR count). The summed E-state index contributed by atoms with van der Waals surface area (Å²) in [5, 5.41) is 0.606. The van der Waals surface area contributed by atoms with Crippen LogP contribution in [0.1, 0.15) is 32.1 Å². The van der Waals surface area contributed by atoms with Crippen molar-refractivity contribution in [3.63, 3.8) is 0 Å². The molecule has 1 nitrogen and oxygen atoms in total. The zero-order chi connectivity index (χ0) is 7.03. The molecule has 1 heterocycles. The Kier molecular flexibility index (Phi) is 1.69. The van der Waals surface area contributed by atoms with Gasteiger partial charge in [-0.1, -0.05) is 0 Å². The SMILES string of the molecule is SC1CCOC2(CCC2)C1. The molecule has 58 valence electrons. The zero-order valence-corrected chi connectivity index (χ0v) is 7.07. The fraction of sp³-hybridized carbons (Fsp3) is 1.00. The highest BCUT2D eigenvalue weighted by Crippen LogP contribution is 2.43. The van der Waals surface area contributed by atoms with Gasteiger partial charge in [-0.15, -0.1) is 0 Å². The second-order valence-corrected chi connectivity index (χ2v) is 4.26. The first kappa shape index (κ1) is 6.99. The molecule has 0 N–H and O–H groups in total. The van der Waals surface area contributed by atoms with Crippen LogP contribution in [0.2, 0.25) is 0 Å². The third-order valence-electron chi connectivity index (χ3n) is 2.73. The number of rotatable bonds is 0. The molecule has 0 aromatic carbocycles. The standard InChI is InChI=1S/C8H14OS/c10-7-2-5-9-8(6-7)3-1-4-8/h7,10H,1-6H2. The smallest absolute Gasteiger partial charge is 0.0693 e. The van der Waals surface area contributed by atoms with E-state index < -0.39 is 0 Å². The van der Waals surface area contributed by atoms with Crippen LogP contribution in [0, 0.1) is 0 Å². The van der Waals surface area contributed by atoms with Gasteiger partial charge in [-0.05, 0) is 32.1 Å². The van der Waals surface area contributed by atoms with Crippen LogP contribution in [-0.4, -0.2) is 17.5 Å². The topological polar surface area (TPSA) is 9.23 Å². The van der Waals surface area contributed by atoms with Gasteiger partial charge in [0.2, 0.25) is 0 Å². The fourth-order valence-electron chi connectivity index (χ4n) is 1.92.